The van der Waals surface area contributed by atoms with Gasteiger partial charge in [0.15, 0.2) is 23.5 Å². The van der Waals surface area contributed by atoms with E-state index in [0.717, 1.165) is 24.3 Å². The van der Waals surface area contributed by atoms with Gasteiger partial charge in [-0.3, -0.25) is 4.79 Å². The van der Waals surface area contributed by atoms with Gasteiger partial charge >= 0.3 is 11.9 Å². The summed E-state index contributed by atoms with van der Waals surface area (Å²) in [5.74, 6) is -5.36. The van der Waals surface area contributed by atoms with E-state index >= 15 is 0 Å². The van der Waals surface area contributed by atoms with Crippen LogP contribution in [0.5, 0.6) is 23.5 Å². The van der Waals surface area contributed by atoms with E-state index < -0.39 is 47.5 Å². The van der Waals surface area contributed by atoms with E-state index in [-0.39, 0.29) is 12.8 Å². The van der Waals surface area contributed by atoms with Gasteiger partial charge in [-0.05, 0) is 6.42 Å². The summed E-state index contributed by atoms with van der Waals surface area (Å²) in [7, 11) is 0. The fraction of sp³-hybridized carbons (Fsp3) is 0.286. The summed E-state index contributed by atoms with van der Waals surface area (Å²) in [6.45, 7) is 0. The molecule has 0 bridgehead atoms. The number of rotatable bonds is 7. The van der Waals surface area contributed by atoms with Crippen molar-refractivity contribution in [3.05, 3.63) is 24.3 Å². The first-order chi connectivity index (χ1) is 11.2. The number of carbonyl (C=O) groups is 2. The van der Waals surface area contributed by atoms with Crippen molar-refractivity contribution in [1.82, 2.24) is 9.13 Å². The van der Waals surface area contributed by atoms with Crippen molar-refractivity contribution in [2.24, 2.45) is 0 Å². The van der Waals surface area contributed by atoms with Crippen LogP contribution in [0.2, 0.25) is 0 Å². The van der Waals surface area contributed by atoms with Gasteiger partial charge in [0.1, 0.15) is 0 Å². The second kappa shape index (κ2) is 6.07. The van der Waals surface area contributed by atoms with E-state index in [1.54, 1.807) is 0 Å². The number of aromatic hydroxyl groups is 4. The van der Waals surface area contributed by atoms with E-state index in [1.807, 2.05) is 0 Å². The first-order valence-corrected chi connectivity index (χ1v) is 6.87. The fourth-order valence-electron chi connectivity index (χ4n) is 2.70. The predicted octanol–water partition coefficient (Wildman–Crippen LogP) is 0.653. The number of hydrogen-bond acceptors (Lipinski definition) is 6. The van der Waals surface area contributed by atoms with E-state index in [2.05, 4.69) is 0 Å². The molecule has 6 N–H and O–H groups in total. The summed E-state index contributed by atoms with van der Waals surface area (Å²) < 4.78 is 1.19. The molecule has 0 aliphatic carbocycles. The third-order valence-electron chi connectivity index (χ3n) is 3.68. The Bertz CT molecular complexity index is 691. The normalized spacial score (nSPS) is 11.5. The molecule has 10 nitrogen and oxygen atoms in total. The average Bonchev–Trinajstić information content (AvgIpc) is 2.99. The second-order valence-electron chi connectivity index (χ2n) is 5.14. The molecule has 0 aromatic carbocycles. The monoisotopic (exact) mass is 340 g/mol. The van der Waals surface area contributed by atoms with Gasteiger partial charge in [-0.2, -0.15) is 0 Å². The molecule has 24 heavy (non-hydrogen) atoms. The maximum Gasteiger partial charge on any atom is 0.351 e. The highest BCUT2D eigenvalue weighted by Gasteiger charge is 2.47. The third-order valence-corrected chi connectivity index (χ3v) is 3.68. The van der Waals surface area contributed by atoms with Crippen LogP contribution in [0.4, 0.5) is 0 Å². The minimum Gasteiger partial charge on any atom is -0.494 e. The molecule has 0 spiro atoms. The van der Waals surface area contributed by atoms with Crippen LogP contribution in [-0.2, 0) is 15.3 Å². The molecule has 0 saturated heterocycles. The third kappa shape index (κ3) is 2.57. The largest absolute Gasteiger partial charge is 0.494 e. The molecule has 0 unspecified atom stereocenters. The van der Waals surface area contributed by atoms with Crippen LogP contribution in [0.15, 0.2) is 24.3 Å². The van der Waals surface area contributed by atoms with Gasteiger partial charge in [0, 0.05) is 37.1 Å². The highest BCUT2D eigenvalue weighted by molar-refractivity contribution is 5.78. The number of carboxylic acid groups (broad SMARTS) is 2. The number of aliphatic carboxylic acids is 2. The second-order valence-corrected chi connectivity index (χ2v) is 5.14. The van der Waals surface area contributed by atoms with E-state index in [9.17, 15) is 35.1 Å². The molecule has 0 amide bonds. The zero-order valence-electron chi connectivity index (χ0n) is 12.3. The van der Waals surface area contributed by atoms with Crippen molar-refractivity contribution in [3.8, 4) is 23.5 Å². The van der Waals surface area contributed by atoms with E-state index in [1.165, 1.54) is 0 Å². The number of carboxylic acids is 2. The molecule has 0 atom stereocenters. The van der Waals surface area contributed by atoms with Gasteiger partial charge in [0.25, 0.3) is 0 Å². The van der Waals surface area contributed by atoms with E-state index in [0.29, 0.717) is 9.13 Å². The Hall–Kier alpha value is -3.30. The molecule has 0 fully saturated rings. The first kappa shape index (κ1) is 17.1. The molecule has 2 aromatic heterocycles. The molecule has 0 aliphatic rings. The molecule has 0 radical (unpaired) electrons. The first-order valence-electron chi connectivity index (χ1n) is 6.87. The molecule has 10 heteroatoms. The van der Waals surface area contributed by atoms with Gasteiger partial charge in [0.05, 0.1) is 0 Å². The number of hydrogen-bond donors (Lipinski definition) is 6. The van der Waals surface area contributed by atoms with Crippen molar-refractivity contribution in [2.75, 3.05) is 0 Å². The summed E-state index contributed by atoms with van der Waals surface area (Å²) in [5.41, 5.74) is -2.37. The Balaban J connectivity index is 2.71. The molecule has 0 saturated carbocycles. The van der Waals surface area contributed by atoms with Crippen molar-refractivity contribution in [1.29, 1.82) is 0 Å². The lowest BCUT2D eigenvalue weighted by Gasteiger charge is -2.34. The van der Waals surface area contributed by atoms with Crippen LogP contribution < -0.4 is 0 Å². The van der Waals surface area contributed by atoms with Gasteiger partial charge < -0.3 is 30.6 Å². The number of aromatic nitrogens is 2. The SMILES string of the molecule is O=C(O)CCCC(C(=O)O)(n1c(O)ccc1O)n1c(O)ccc1O. The quantitative estimate of drug-likeness (QED) is 0.427. The van der Waals surface area contributed by atoms with Crippen molar-refractivity contribution in [3.63, 3.8) is 0 Å². The van der Waals surface area contributed by atoms with Crippen LogP contribution >= 0.6 is 0 Å². The van der Waals surface area contributed by atoms with Crippen molar-refractivity contribution in [2.45, 2.75) is 24.9 Å². The summed E-state index contributed by atoms with van der Waals surface area (Å²) >= 11 is 0. The Morgan fingerprint density at radius 3 is 1.50 bits per heavy atom. The Labute approximate surface area is 135 Å². The maximum absolute atomic E-state index is 12.1. The molecule has 130 valence electrons. The Kier molecular flexibility index (Phi) is 4.31. The highest BCUT2D eigenvalue weighted by Crippen LogP contribution is 2.41. The Morgan fingerprint density at radius 1 is 0.833 bits per heavy atom. The van der Waals surface area contributed by atoms with Gasteiger partial charge in [-0.1, -0.05) is 0 Å². The summed E-state index contributed by atoms with van der Waals surface area (Å²) in [5, 5.41) is 58.4. The predicted molar refractivity (Wildman–Crippen MR) is 78.0 cm³/mol. The standard InChI is InChI=1S/C14H16N2O8/c17-8-3-4-9(18)15(8)14(13(23)24,7-1-2-12(21)22)16-10(19)5-6-11(16)20/h3-6,17-20H,1-2,7H2,(H,21,22)(H,23,24). The summed E-state index contributed by atoms with van der Waals surface area (Å²) in [6, 6.07) is 4.12. The zero-order chi connectivity index (χ0) is 18.1. The van der Waals surface area contributed by atoms with Crippen LogP contribution in [-0.4, -0.2) is 51.7 Å². The van der Waals surface area contributed by atoms with Crippen LogP contribution in [0.3, 0.4) is 0 Å². The fourth-order valence-corrected chi connectivity index (χ4v) is 2.70. The van der Waals surface area contributed by atoms with Gasteiger partial charge in [0.2, 0.25) is 5.66 Å². The lowest BCUT2D eigenvalue weighted by Crippen LogP contribution is -2.47. The molecule has 2 rings (SSSR count). The summed E-state index contributed by atoms with van der Waals surface area (Å²) in [6.07, 6.45) is -1.00. The maximum atomic E-state index is 12.1. The minimum absolute atomic E-state index is 0.171. The van der Waals surface area contributed by atoms with Crippen LogP contribution in [0.25, 0.3) is 0 Å². The van der Waals surface area contributed by atoms with E-state index in [4.69, 9.17) is 5.11 Å². The number of nitrogens with zero attached hydrogens (tertiary/aromatic N) is 2. The Morgan fingerprint density at radius 2 is 1.21 bits per heavy atom. The van der Waals surface area contributed by atoms with Gasteiger partial charge in [-0.25, -0.2) is 13.9 Å². The van der Waals surface area contributed by atoms with Gasteiger partial charge in [-0.15, -0.1) is 0 Å². The zero-order valence-corrected chi connectivity index (χ0v) is 12.3. The lowest BCUT2D eigenvalue weighted by atomic mass is 10.0. The molecule has 2 aromatic rings. The van der Waals surface area contributed by atoms with Crippen LogP contribution in [0, 0.1) is 0 Å². The summed E-state index contributed by atoms with van der Waals surface area (Å²) in [4.78, 5) is 22.8. The average molecular weight is 340 g/mol. The molecule has 2 heterocycles. The topological polar surface area (TPSA) is 165 Å². The lowest BCUT2D eigenvalue weighted by molar-refractivity contribution is -0.152. The van der Waals surface area contributed by atoms with Crippen molar-refractivity contribution >= 4 is 11.9 Å². The molecule has 0 aliphatic heterocycles. The van der Waals surface area contributed by atoms with Crippen molar-refractivity contribution < 1.29 is 40.2 Å². The van der Waals surface area contributed by atoms with Crippen LogP contribution in [0.1, 0.15) is 19.3 Å². The molecular formula is C14H16N2O8. The smallest absolute Gasteiger partial charge is 0.351 e. The molecular weight excluding hydrogens is 324 g/mol. The minimum atomic E-state index is -2.37. The highest BCUT2D eigenvalue weighted by atomic mass is 16.4.